The van der Waals surface area contributed by atoms with Crippen molar-refractivity contribution in [3.05, 3.63) is 52.0 Å². The average molecular weight is 424 g/mol. The van der Waals surface area contributed by atoms with Gasteiger partial charge in [0.1, 0.15) is 6.61 Å². The molecule has 6 nitrogen and oxygen atoms in total. The van der Waals surface area contributed by atoms with Gasteiger partial charge in [0.25, 0.3) is 11.7 Å². The second-order valence-electron chi connectivity index (χ2n) is 6.38. The van der Waals surface area contributed by atoms with Crippen LogP contribution in [-0.4, -0.2) is 39.4 Å². The zero-order valence-corrected chi connectivity index (χ0v) is 16.8. The van der Waals surface area contributed by atoms with Crippen LogP contribution in [0.2, 0.25) is 10.0 Å². The molecule has 2 aliphatic rings. The first-order valence-electron chi connectivity index (χ1n) is 8.92. The van der Waals surface area contributed by atoms with E-state index in [9.17, 15) is 4.79 Å². The predicted molar refractivity (Wildman–Crippen MR) is 106 cm³/mol. The molecule has 4 rings (SSSR count). The van der Waals surface area contributed by atoms with Crippen molar-refractivity contribution in [3.63, 3.8) is 0 Å². The lowest BCUT2D eigenvalue weighted by molar-refractivity contribution is -0.256. The molecule has 2 aromatic rings. The molecule has 148 valence electrons. The first kappa shape index (κ1) is 19.3. The number of para-hydroxylation sites is 2. The zero-order valence-electron chi connectivity index (χ0n) is 15.2. The van der Waals surface area contributed by atoms with Gasteiger partial charge < -0.3 is 23.8 Å². The standard InChI is InChI=1S/C20H19Cl2NO5/c1-25-15-5-2-3-6-16(15)26-12-9-23-18-13(7-8-14(21)17(18)22)20(19(23)24)27-10-4-11-28-20/h2-3,5-8H,4,9-12H2,1H3. The van der Waals surface area contributed by atoms with Gasteiger partial charge in [0.15, 0.2) is 11.5 Å². The minimum atomic E-state index is -1.47. The van der Waals surface area contributed by atoms with Gasteiger partial charge >= 0.3 is 0 Å². The topological polar surface area (TPSA) is 57.2 Å². The van der Waals surface area contributed by atoms with E-state index in [-0.39, 0.29) is 19.1 Å². The molecule has 2 heterocycles. The van der Waals surface area contributed by atoms with Crippen LogP contribution in [0.25, 0.3) is 0 Å². The Morgan fingerprint density at radius 1 is 1.11 bits per heavy atom. The maximum absolute atomic E-state index is 13.3. The first-order valence-corrected chi connectivity index (χ1v) is 9.68. The van der Waals surface area contributed by atoms with E-state index in [0.717, 1.165) is 6.42 Å². The SMILES string of the molecule is COc1ccccc1OCCN1C(=O)C2(OCCCO2)c2ccc(Cl)c(Cl)c21. The van der Waals surface area contributed by atoms with E-state index >= 15 is 0 Å². The summed E-state index contributed by atoms with van der Waals surface area (Å²) in [5.74, 6) is -0.581. The Kier molecular flexibility index (Phi) is 5.38. The van der Waals surface area contributed by atoms with Crippen molar-refractivity contribution in [1.82, 2.24) is 0 Å². The summed E-state index contributed by atoms with van der Waals surface area (Å²) in [6, 6.07) is 10.7. The Morgan fingerprint density at radius 3 is 2.54 bits per heavy atom. The summed E-state index contributed by atoms with van der Waals surface area (Å²) in [7, 11) is 1.58. The van der Waals surface area contributed by atoms with Gasteiger partial charge in [-0.1, -0.05) is 35.3 Å². The molecule has 1 fully saturated rings. The molecule has 2 aromatic carbocycles. The summed E-state index contributed by atoms with van der Waals surface area (Å²) in [5, 5.41) is 0.649. The van der Waals surface area contributed by atoms with Crippen molar-refractivity contribution in [2.45, 2.75) is 12.2 Å². The number of amides is 1. The van der Waals surface area contributed by atoms with Crippen LogP contribution in [0.3, 0.4) is 0 Å². The van der Waals surface area contributed by atoms with Gasteiger partial charge in [0.2, 0.25) is 0 Å². The van der Waals surface area contributed by atoms with Gasteiger partial charge in [-0.3, -0.25) is 4.79 Å². The first-order chi connectivity index (χ1) is 13.6. The van der Waals surface area contributed by atoms with Gasteiger partial charge in [-0.25, -0.2) is 0 Å². The Balaban J connectivity index is 1.61. The highest BCUT2D eigenvalue weighted by Gasteiger charge is 2.55. The molecule has 0 saturated carbocycles. The van der Waals surface area contributed by atoms with E-state index in [1.165, 1.54) is 4.90 Å². The maximum atomic E-state index is 13.3. The summed E-state index contributed by atoms with van der Waals surface area (Å²) in [6.07, 6.45) is 0.725. The smallest absolute Gasteiger partial charge is 0.292 e. The fraction of sp³-hybridized carbons (Fsp3) is 0.350. The molecule has 2 aliphatic heterocycles. The molecule has 0 aliphatic carbocycles. The highest BCUT2D eigenvalue weighted by Crippen LogP contribution is 2.50. The number of carbonyl (C=O) groups is 1. The van der Waals surface area contributed by atoms with E-state index in [1.807, 2.05) is 12.1 Å². The van der Waals surface area contributed by atoms with E-state index in [4.69, 9.17) is 42.1 Å². The third-order valence-corrected chi connectivity index (χ3v) is 5.56. The molecule has 28 heavy (non-hydrogen) atoms. The average Bonchev–Trinajstić information content (AvgIpc) is 2.94. The number of nitrogens with zero attached hydrogens (tertiary/aromatic N) is 1. The maximum Gasteiger partial charge on any atom is 0.292 e. The molecule has 0 atom stereocenters. The van der Waals surface area contributed by atoms with Crippen LogP contribution >= 0.6 is 23.2 Å². The molecule has 0 radical (unpaired) electrons. The molecular weight excluding hydrogens is 405 g/mol. The van der Waals surface area contributed by atoms with E-state index in [1.54, 1.807) is 31.4 Å². The number of rotatable bonds is 5. The molecule has 0 unspecified atom stereocenters. The third-order valence-electron chi connectivity index (χ3n) is 4.76. The molecule has 1 amide bonds. The lowest BCUT2D eigenvalue weighted by atomic mass is 10.1. The van der Waals surface area contributed by atoms with Crippen molar-refractivity contribution < 1.29 is 23.7 Å². The van der Waals surface area contributed by atoms with Crippen LogP contribution < -0.4 is 14.4 Å². The Bertz CT molecular complexity index is 898. The van der Waals surface area contributed by atoms with Gasteiger partial charge in [-0.05, 0) is 30.7 Å². The van der Waals surface area contributed by atoms with E-state index in [2.05, 4.69) is 0 Å². The van der Waals surface area contributed by atoms with E-state index in [0.29, 0.717) is 46.0 Å². The number of ether oxygens (including phenoxy) is 4. The predicted octanol–water partition coefficient (Wildman–Crippen LogP) is 4.02. The number of fused-ring (bicyclic) bond motifs is 2. The van der Waals surface area contributed by atoms with Crippen molar-refractivity contribution in [2.75, 3.05) is 38.4 Å². The third kappa shape index (κ3) is 3.10. The number of benzene rings is 2. The van der Waals surface area contributed by atoms with Crippen molar-refractivity contribution >= 4 is 34.8 Å². The van der Waals surface area contributed by atoms with Crippen LogP contribution in [0.1, 0.15) is 12.0 Å². The van der Waals surface area contributed by atoms with Crippen molar-refractivity contribution in [3.8, 4) is 11.5 Å². The minimum Gasteiger partial charge on any atom is -0.493 e. The molecule has 0 aromatic heterocycles. The minimum absolute atomic E-state index is 0.227. The highest BCUT2D eigenvalue weighted by atomic mass is 35.5. The lowest BCUT2D eigenvalue weighted by Crippen LogP contribution is -2.48. The van der Waals surface area contributed by atoms with Crippen molar-refractivity contribution in [2.24, 2.45) is 0 Å². The second kappa shape index (κ2) is 7.79. The number of halogens is 2. The van der Waals surface area contributed by atoms with Crippen LogP contribution in [0.15, 0.2) is 36.4 Å². The summed E-state index contributed by atoms with van der Waals surface area (Å²) >= 11 is 12.6. The van der Waals surface area contributed by atoms with Crippen LogP contribution in [0.4, 0.5) is 5.69 Å². The Hall–Kier alpha value is -1.99. The Morgan fingerprint density at radius 2 is 1.82 bits per heavy atom. The molecular formula is C20H19Cl2NO5. The van der Waals surface area contributed by atoms with Crippen LogP contribution in [0, 0.1) is 0 Å². The highest BCUT2D eigenvalue weighted by molar-refractivity contribution is 6.44. The fourth-order valence-corrected chi connectivity index (χ4v) is 3.89. The van der Waals surface area contributed by atoms with Crippen molar-refractivity contribution in [1.29, 1.82) is 0 Å². The lowest BCUT2D eigenvalue weighted by Gasteiger charge is -2.32. The van der Waals surface area contributed by atoms with E-state index < -0.39 is 5.79 Å². The normalized spacial score (nSPS) is 17.7. The van der Waals surface area contributed by atoms with Gasteiger partial charge in [0.05, 0.1) is 42.6 Å². The number of hydrogen-bond acceptors (Lipinski definition) is 5. The summed E-state index contributed by atoms with van der Waals surface area (Å²) in [6.45, 7) is 1.33. The summed E-state index contributed by atoms with van der Waals surface area (Å²) in [4.78, 5) is 14.8. The van der Waals surface area contributed by atoms with Gasteiger partial charge in [-0.2, -0.15) is 0 Å². The fourth-order valence-electron chi connectivity index (χ4n) is 3.47. The molecule has 1 spiro atoms. The largest absolute Gasteiger partial charge is 0.493 e. The molecule has 0 bridgehead atoms. The molecule has 1 saturated heterocycles. The zero-order chi connectivity index (χ0) is 19.7. The number of carbonyl (C=O) groups excluding carboxylic acids is 1. The molecule has 0 N–H and O–H groups in total. The molecule has 8 heteroatoms. The van der Waals surface area contributed by atoms with Crippen LogP contribution in [-0.2, 0) is 20.1 Å². The number of hydrogen-bond donors (Lipinski definition) is 0. The number of methoxy groups -OCH3 is 1. The van der Waals surface area contributed by atoms with Gasteiger partial charge in [-0.15, -0.1) is 0 Å². The summed E-state index contributed by atoms with van der Waals surface area (Å²) in [5.41, 5.74) is 1.08. The summed E-state index contributed by atoms with van der Waals surface area (Å²) < 4.78 is 22.7. The Labute approximate surface area is 172 Å². The second-order valence-corrected chi connectivity index (χ2v) is 7.17. The monoisotopic (exact) mass is 423 g/mol. The van der Waals surface area contributed by atoms with Crippen LogP contribution in [0.5, 0.6) is 11.5 Å². The number of anilines is 1. The quantitative estimate of drug-likeness (QED) is 0.726. The van der Waals surface area contributed by atoms with Gasteiger partial charge in [0, 0.05) is 5.56 Å².